The molecular formula is C13H22O2. The Morgan fingerprint density at radius 3 is 2.80 bits per heavy atom. The van der Waals surface area contributed by atoms with E-state index >= 15 is 0 Å². The first-order chi connectivity index (χ1) is 7.09. The van der Waals surface area contributed by atoms with Gasteiger partial charge in [-0.15, -0.1) is 0 Å². The summed E-state index contributed by atoms with van der Waals surface area (Å²) in [6.45, 7) is 4.32. The molecule has 0 spiro atoms. The standard InChI is InChI=1S/C13H22O2/c1-9(8-14)10-5-6-11-12(15)4-3-7-13(10,11)2/h8-12,15H,3-7H2,1-2H3/t9-,10+,11-,12-,13+/m0/s1. The molecule has 2 aliphatic carbocycles. The van der Waals surface area contributed by atoms with E-state index in [9.17, 15) is 9.90 Å². The van der Waals surface area contributed by atoms with E-state index in [0.29, 0.717) is 11.8 Å². The average Bonchev–Trinajstić information content (AvgIpc) is 2.56. The Morgan fingerprint density at radius 2 is 2.13 bits per heavy atom. The second-order valence-electron chi connectivity index (χ2n) is 5.75. The minimum absolute atomic E-state index is 0.118. The van der Waals surface area contributed by atoms with Crippen LogP contribution in [0, 0.1) is 23.2 Å². The van der Waals surface area contributed by atoms with Crippen LogP contribution in [-0.4, -0.2) is 17.5 Å². The number of fused-ring (bicyclic) bond motifs is 1. The van der Waals surface area contributed by atoms with Crippen molar-refractivity contribution in [2.24, 2.45) is 23.2 Å². The lowest BCUT2D eigenvalue weighted by molar-refractivity contribution is -0.114. The zero-order valence-corrected chi connectivity index (χ0v) is 9.78. The zero-order chi connectivity index (χ0) is 11.1. The molecule has 0 radical (unpaired) electrons. The van der Waals surface area contributed by atoms with Crippen LogP contribution >= 0.6 is 0 Å². The van der Waals surface area contributed by atoms with Crippen molar-refractivity contribution >= 4 is 6.29 Å². The smallest absolute Gasteiger partial charge is 0.123 e. The van der Waals surface area contributed by atoms with Gasteiger partial charge in [-0.2, -0.15) is 0 Å². The van der Waals surface area contributed by atoms with Crippen LogP contribution < -0.4 is 0 Å². The van der Waals surface area contributed by atoms with Crippen LogP contribution in [0.15, 0.2) is 0 Å². The van der Waals surface area contributed by atoms with Crippen molar-refractivity contribution in [3.8, 4) is 0 Å². The van der Waals surface area contributed by atoms with Gasteiger partial charge >= 0.3 is 0 Å². The lowest BCUT2D eigenvalue weighted by Gasteiger charge is -2.44. The van der Waals surface area contributed by atoms with Gasteiger partial charge in [0.2, 0.25) is 0 Å². The first-order valence-electron chi connectivity index (χ1n) is 6.23. The Labute approximate surface area is 92.1 Å². The maximum absolute atomic E-state index is 10.9. The third-order valence-corrected chi connectivity index (χ3v) is 5.01. The van der Waals surface area contributed by atoms with Gasteiger partial charge in [-0.25, -0.2) is 0 Å². The number of hydrogen-bond acceptors (Lipinski definition) is 2. The van der Waals surface area contributed by atoms with Crippen molar-refractivity contribution in [1.29, 1.82) is 0 Å². The third-order valence-electron chi connectivity index (χ3n) is 5.01. The Hall–Kier alpha value is -0.370. The Balaban J connectivity index is 2.20. The number of rotatable bonds is 2. The van der Waals surface area contributed by atoms with Gasteiger partial charge in [0.25, 0.3) is 0 Å². The zero-order valence-electron chi connectivity index (χ0n) is 9.78. The SMILES string of the molecule is C[C@@H](C=O)[C@H]1CC[C@H]2[C@@H](O)CCC[C@]12C. The topological polar surface area (TPSA) is 37.3 Å². The average molecular weight is 210 g/mol. The molecule has 0 bridgehead atoms. The summed E-state index contributed by atoms with van der Waals surface area (Å²) >= 11 is 0. The number of aliphatic hydroxyl groups excluding tert-OH is 1. The molecule has 1 N–H and O–H groups in total. The van der Waals surface area contributed by atoms with Crippen molar-refractivity contribution in [3.05, 3.63) is 0 Å². The van der Waals surface area contributed by atoms with Gasteiger partial charge in [0, 0.05) is 5.92 Å². The van der Waals surface area contributed by atoms with Crippen LogP contribution in [-0.2, 0) is 4.79 Å². The Bertz CT molecular complexity index is 251. The van der Waals surface area contributed by atoms with E-state index in [2.05, 4.69) is 6.92 Å². The molecule has 15 heavy (non-hydrogen) atoms. The first-order valence-corrected chi connectivity index (χ1v) is 6.23. The molecule has 2 rings (SSSR count). The van der Waals surface area contributed by atoms with Crippen molar-refractivity contribution in [1.82, 2.24) is 0 Å². The molecule has 0 aromatic carbocycles. The lowest BCUT2D eigenvalue weighted by Crippen LogP contribution is -2.41. The number of hydrogen-bond donors (Lipinski definition) is 1. The summed E-state index contributed by atoms with van der Waals surface area (Å²) in [5, 5.41) is 10.0. The fourth-order valence-corrected chi connectivity index (χ4v) is 4.15. The summed E-state index contributed by atoms with van der Waals surface area (Å²) < 4.78 is 0. The highest BCUT2D eigenvalue weighted by molar-refractivity contribution is 5.53. The maximum Gasteiger partial charge on any atom is 0.123 e. The summed E-state index contributed by atoms with van der Waals surface area (Å²) in [4.78, 5) is 10.9. The van der Waals surface area contributed by atoms with Crippen molar-refractivity contribution < 1.29 is 9.90 Å². The molecule has 2 heteroatoms. The van der Waals surface area contributed by atoms with Crippen LogP contribution in [0.4, 0.5) is 0 Å². The predicted molar refractivity (Wildman–Crippen MR) is 59.4 cm³/mol. The van der Waals surface area contributed by atoms with Crippen molar-refractivity contribution in [3.63, 3.8) is 0 Å². The minimum Gasteiger partial charge on any atom is -0.393 e. The monoisotopic (exact) mass is 210 g/mol. The van der Waals surface area contributed by atoms with Gasteiger partial charge in [-0.05, 0) is 42.9 Å². The highest BCUT2D eigenvalue weighted by Gasteiger charge is 2.52. The number of aliphatic hydroxyl groups is 1. The fourth-order valence-electron chi connectivity index (χ4n) is 4.15. The van der Waals surface area contributed by atoms with E-state index < -0.39 is 0 Å². The van der Waals surface area contributed by atoms with Crippen LogP contribution in [0.3, 0.4) is 0 Å². The lowest BCUT2D eigenvalue weighted by atomic mass is 9.62. The molecule has 0 unspecified atom stereocenters. The first kappa shape index (κ1) is 11.1. The van der Waals surface area contributed by atoms with Gasteiger partial charge in [-0.3, -0.25) is 0 Å². The van der Waals surface area contributed by atoms with Crippen LogP contribution in [0.25, 0.3) is 0 Å². The van der Waals surface area contributed by atoms with Crippen molar-refractivity contribution in [2.75, 3.05) is 0 Å². The molecule has 2 fully saturated rings. The normalized spacial score (nSPS) is 47.3. The molecule has 0 heterocycles. The van der Waals surface area contributed by atoms with Gasteiger partial charge in [-0.1, -0.05) is 20.3 Å². The quantitative estimate of drug-likeness (QED) is 0.711. The predicted octanol–water partition coefficient (Wildman–Crippen LogP) is 2.40. The van der Waals surface area contributed by atoms with E-state index in [1.54, 1.807) is 0 Å². The molecule has 86 valence electrons. The summed E-state index contributed by atoms with van der Waals surface area (Å²) in [5.41, 5.74) is 0.220. The molecule has 0 aliphatic heterocycles. The Morgan fingerprint density at radius 1 is 1.40 bits per heavy atom. The number of carbonyl (C=O) groups is 1. The molecule has 2 saturated carbocycles. The molecular weight excluding hydrogens is 188 g/mol. The molecule has 2 nitrogen and oxygen atoms in total. The van der Waals surface area contributed by atoms with E-state index in [4.69, 9.17) is 0 Å². The minimum atomic E-state index is -0.118. The molecule has 0 aromatic heterocycles. The Kier molecular flexibility index (Phi) is 2.89. The second kappa shape index (κ2) is 3.89. The maximum atomic E-state index is 10.9. The largest absolute Gasteiger partial charge is 0.393 e. The van der Waals surface area contributed by atoms with Crippen molar-refractivity contribution in [2.45, 2.75) is 52.1 Å². The van der Waals surface area contributed by atoms with E-state index in [1.807, 2.05) is 6.92 Å². The molecule has 0 saturated heterocycles. The second-order valence-corrected chi connectivity index (χ2v) is 5.75. The number of aldehydes is 1. The molecule has 0 amide bonds. The molecule has 0 aromatic rings. The van der Waals surface area contributed by atoms with Gasteiger partial charge in [0.15, 0.2) is 0 Å². The summed E-state index contributed by atoms with van der Waals surface area (Å²) in [6.07, 6.45) is 6.49. The highest BCUT2D eigenvalue weighted by Crippen LogP contribution is 2.57. The van der Waals surface area contributed by atoms with Crippen LogP contribution in [0.5, 0.6) is 0 Å². The summed E-state index contributed by atoms with van der Waals surface area (Å²) in [5.74, 6) is 1.10. The van der Waals surface area contributed by atoms with E-state index in [0.717, 1.165) is 32.0 Å². The van der Waals surface area contributed by atoms with Gasteiger partial charge < -0.3 is 9.90 Å². The summed E-state index contributed by atoms with van der Waals surface area (Å²) in [7, 11) is 0. The molecule has 5 atom stereocenters. The van der Waals surface area contributed by atoms with E-state index in [-0.39, 0.29) is 17.4 Å². The van der Waals surface area contributed by atoms with Gasteiger partial charge in [0.1, 0.15) is 6.29 Å². The fraction of sp³-hybridized carbons (Fsp3) is 0.923. The van der Waals surface area contributed by atoms with Gasteiger partial charge in [0.05, 0.1) is 6.10 Å². The third kappa shape index (κ3) is 1.63. The van der Waals surface area contributed by atoms with Crippen LogP contribution in [0.2, 0.25) is 0 Å². The summed E-state index contributed by atoms with van der Waals surface area (Å²) in [6, 6.07) is 0. The molecule has 2 aliphatic rings. The highest BCUT2D eigenvalue weighted by atomic mass is 16.3. The van der Waals surface area contributed by atoms with E-state index in [1.165, 1.54) is 6.42 Å². The number of carbonyl (C=O) groups excluding carboxylic acids is 1. The van der Waals surface area contributed by atoms with Crippen LogP contribution in [0.1, 0.15) is 46.0 Å².